The van der Waals surface area contributed by atoms with Gasteiger partial charge in [-0.2, -0.15) is 4.98 Å². The van der Waals surface area contributed by atoms with Gasteiger partial charge in [-0.05, 0) is 37.5 Å². The second-order valence-corrected chi connectivity index (χ2v) is 6.26. The van der Waals surface area contributed by atoms with Gasteiger partial charge >= 0.3 is 0 Å². The van der Waals surface area contributed by atoms with Gasteiger partial charge in [-0.25, -0.2) is 0 Å². The lowest BCUT2D eigenvalue weighted by atomic mass is 10.1. The maximum absolute atomic E-state index is 5.28. The number of nitrogens with zero attached hydrogens (tertiary/aromatic N) is 4. The van der Waals surface area contributed by atoms with Gasteiger partial charge in [-0.15, -0.1) is 0 Å². The molecule has 0 fully saturated rings. The zero-order chi connectivity index (χ0) is 19.4. The van der Waals surface area contributed by atoms with Gasteiger partial charge in [0.15, 0.2) is 11.8 Å². The van der Waals surface area contributed by atoms with E-state index in [1.54, 1.807) is 6.20 Å². The third-order valence-electron chi connectivity index (χ3n) is 4.07. The van der Waals surface area contributed by atoms with Crippen LogP contribution in [0.2, 0.25) is 0 Å². The predicted molar refractivity (Wildman–Crippen MR) is 110 cm³/mol. The molecule has 0 amide bonds. The maximum Gasteiger partial charge on any atom is 0.276 e. The van der Waals surface area contributed by atoms with Gasteiger partial charge in [-0.3, -0.25) is 9.98 Å². The van der Waals surface area contributed by atoms with E-state index >= 15 is 0 Å². The Bertz CT molecular complexity index is 848. The van der Waals surface area contributed by atoms with Crippen molar-refractivity contribution in [3.63, 3.8) is 0 Å². The summed E-state index contributed by atoms with van der Waals surface area (Å²) in [6, 6.07) is 16.1. The quantitative estimate of drug-likeness (QED) is 0.338. The largest absolute Gasteiger partial charge is 0.357 e. The van der Waals surface area contributed by atoms with Crippen molar-refractivity contribution >= 4 is 5.96 Å². The summed E-state index contributed by atoms with van der Waals surface area (Å²) in [4.78, 5) is 13.2. The Balaban J connectivity index is 1.43. The van der Waals surface area contributed by atoms with Gasteiger partial charge in [-0.1, -0.05) is 41.6 Å². The summed E-state index contributed by atoms with van der Waals surface area (Å²) in [5.41, 5.74) is 2.03. The molecule has 0 saturated heterocycles. The van der Waals surface area contributed by atoms with Crippen LogP contribution < -0.4 is 10.6 Å². The Morgan fingerprint density at radius 1 is 1.04 bits per heavy atom. The molecule has 0 unspecified atom stereocenters. The van der Waals surface area contributed by atoms with Crippen LogP contribution in [-0.4, -0.2) is 40.7 Å². The van der Waals surface area contributed by atoms with Crippen LogP contribution >= 0.6 is 0 Å². The standard InChI is InChI=1S/C21H26N6O/c1-2-22-21(24-15-8-11-17-9-4-3-5-10-17)25-16-13-19-26-20(28-27-19)18-12-6-7-14-23-18/h3-7,9-10,12,14H,2,8,11,13,15-16H2,1H3,(H2,22,24,25). The summed E-state index contributed by atoms with van der Waals surface area (Å²) in [6.45, 7) is 4.32. The van der Waals surface area contributed by atoms with Gasteiger partial charge < -0.3 is 15.2 Å². The van der Waals surface area contributed by atoms with Crippen LogP contribution in [0.3, 0.4) is 0 Å². The summed E-state index contributed by atoms with van der Waals surface area (Å²) in [5.74, 6) is 1.90. The van der Waals surface area contributed by atoms with E-state index in [-0.39, 0.29) is 0 Å². The van der Waals surface area contributed by atoms with Crippen LogP contribution in [-0.2, 0) is 12.8 Å². The molecule has 3 rings (SSSR count). The number of pyridine rings is 1. The summed E-state index contributed by atoms with van der Waals surface area (Å²) < 4.78 is 5.28. The molecule has 1 aromatic carbocycles. The molecule has 2 aromatic heterocycles. The van der Waals surface area contributed by atoms with Crippen LogP contribution in [0.4, 0.5) is 0 Å². The van der Waals surface area contributed by atoms with Crippen molar-refractivity contribution in [2.45, 2.75) is 26.2 Å². The van der Waals surface area contributed by atoms with Gasteiger partial charge in [0.2, 0.25) is 0 Å². The summed E-state index contributed by atoms with van der Waals surface area (Å²) >= 11 is 0. The molecule has 2 heterocycles. The van der Waals surface area contributed by atoms with Crippen molar-refractivity contribution < 1.29 is 4.52 Å². The minimum Gasteiger partial charge on any atom is -0.357 e. The maximum atomic E-state index is 5.28. The van der Waals surface area contributed by atoms with Crippen LogP contribution in [0, 0.1) is 0 Å². The Labute approximate surface area is 165 Å². The monoisotopic (exact) mass is 378 g/mol. The van der Waals surface area contributed by atoms with E-state index in [9.17, 15) is 0 Å². The van der Waals surface area contributed by atoms with E-state index < -0.39 is 0 Å². The van der Waals surface area contributed by atoms with Gasteiger partial charge in [0, 0.05) is 32.3 Å². The second-order valence-electron chi connectivity index (χ2n) is 6.26. The molecule has 0 aliphatic rings. The van der Waals surface area contributed by atoms with Crippen LogP contribution in [0.25, 0.3) is 11.6 Å². The normalized spacial score (nSPS) is 11.4. The first kappa shape index (κ1) is 19.5. The fraction of sp³-hybridized carbons (Fsp3) is 0.333. The molecule has 146 valence electrons. The Kier molecular flexibility index (Phi) is 7.55. The van der Waals surface area contributed by atoms with E-state index in [2.05, 4.69) is 61.9 Å². The number of aryl methyl sites for hydroxylation is 1. The predicted octanol–water partition coefficient (Wildman–Crippen LogP) is 2.86. The Hall–Kier alpha value is -3.22. The number of hydrogen-bond acceptors (Lipinski definition) is 5. The number of rotatable bonds is 9. The smallest absolute Gasteiger partial charge is 0.276 e. The molecule has 0 aliphatic carbocycles. The zero-order valence-electron chi connectivity index (χ0n) is 16.1. The highest BCUT2D eigenvalue weighted by Gasteiger charge is 2.09. The molecule has 3 aromatic rings. The Morgan fingerprint density at radius 2 is 1.89 bits per heavy atom. The summed E-state index contributed by atoms with van der Waals surface area (Å²) in [5, 5.41) is 10.6. The van der Waals surface area contributed by atoms with E-state index in [0.29, 0.717) is 30.4 Å². The first-order chi connectivity index (χ1) is 13.8. The fourth-order valence-electron chi connectivity index (χ4n) is 2.70. The minimum absolute atomic E-state index is 0.442. The lowest BCUT2D eigenvalue weighted by Crippen LogP contribution is -2.38. The average Bonchev–Trinajstić information content (AvgIpc) is 3.21. The molecule has 28 heavy (non-hydrogen) atoms. The van der Waals surface area contributed by atoms with Crippen molar-refractivity contribution in [3.8, 4) is 11.6 Å². The van der Waals surface area contributed by atoms with Gasteiger partial charge in [0.1, 0.15) is 5.69 Å². The number of aliphatic imine (C=N–C) groups is 1. The molecule has 0 saturated carbocycles. The number of benzene rings is 1. The molecule has 0 spiro atoms. The molecule has 7 nitrogen and oxygen atoms in total. The SMILES string of the molecule is CCNC(=NCCCc1ccccc1)NCCc1noc(-c2ccccn2)n1. The lowest BCUT2D eigenvalue weighted by Gasteiger charge is -2.10. The molecule has 0 aliphatic heterocycles. The highest BCUT2D eigenvalue weighted by Crippen LogP contribution is 2.13. The molecular formula is C21H26N6O. The van der Waals surface area contributed by atoms with Crippen molar-refractivity contribution in [2.24, 2.45) is 4.99 Å². The average molecular weight is 378 g/mol. The third-order valence-corrected chi connectivity index (χ3v) is 4.07. The molecule has 7 heteroatoms. The van der Waals surface area contributed by atoms with E-state index in [1.807, 2.05) is 24.3 Å². The number of nitrogens with one attached hydrogen (secondary N) is 2. The first-order valence-electron chi connectivity index (χ1n) is 9.65. The van der Waals surface area contributed by atoms with Crippen LogP contribution in [0.15, 0.2) is 64.2 Å². The van der Waals surface area contributed by atoms with Crippen LogP contribution in [0.1, 0.15) is 24.7 Å². The fourth-order valence-corrected chi connectivity index (χ4v) is 2.70. The molecule has 0 bridgehead atoms. The third kappa shape index (κ3) is 6.19. The topological polar surface area (TPSA) is 88.2 Å². The van der Waals surface area contributed by atoms with Gasteiger partial charge in [0.05, 0.1) is 0 Å². The van der Waals surface area contributed by atoms with Gasteiger partial charge in [0.25, 0.3) is 5.89 Å². The molecule has 2 N–H and O–H groups in total. The van der Waals surface area contributed by atoms with Crippen molar-refractivity contribution in [2.75, 3.05) is 19.6 Å². The van der Waals surface area contributed by atoms with E-state index in [1.165, 1.54) is 5.56 Å². The minimum atomic E-state index is 0.442. The van der Waals surface area contributed by atoms with Crippen molar-refractivity contribution in [1.82, 2.24) is 25.8 Å². The Morgan fingerprint density at radius 3 is 2.68 bits per heavy atom. The number of aromatic nitrogens is 3. The lowest BCUT2D eigenvalue weighted by molar-refractivity contribution is 0.421. The zero-order valence-corrected chi connectivity index (χ0v) is 16.1. The first-order valence-corrected chi connectivity index (χ1v) is 9.65. The number of guanidine groups is 1. The van der Waals surface area contributed by atoms with Crippen LogP contribution in [0.5, 0.6) is 0 Å². The van der Waals surface area contributed by atoms with Crippen molar-refractivity contribution in [1.29, 1.82) is 0 Å². The van der Waals surface area contributed by atoms with E-state index in [4.69, 9.17) is 4.52 Å². The summed E-state index contributed by atoms with van der Waals surface area (Å²) in [6.07, 6.45) is 4.39. The summed E-state index contributed by atoms with van der Waals surface area (Å²) in [7, 11) is 0. The second kappa shape index (κ2) is 10.8. The highest BCUT2D eigenvalue weighted by molar-refractivity contribution is 5.79. The molecule has 0 radical (unpaired) electrons. The van der Waals surface area contributed by atoms with E-state index in [0.717, 1.165) is 31.9 Å². The highest BCUT2D eigenvalue weighted by atomic mass is 16.5. The molecule has 0 atom stereocenters. The van der Waals surface area contributed by atoms with Crippen molar-refractivity contribution in [3.05, 3.63) is 66.1 Å². The molecular weight excluding hydrogens is 352 g/mol. The number of hydrogen-bond donors (Lipinski definition) is 2.